The summed E-state index contributed by atoms with van der Waals surface area (Å²) in [5, 5.41) is 5.86. The molecule has 1 aromatic carbocycles. The maximum absolute atomic E-state index is 11.4. The van der Waals surface area contributed by atoms with E-state index in [0.29, 0.717) is 26.2 Å². The third kappa shape index (κ3) is 8.06. The molecule has 102 valence electrons. The van der Waals surface area contributed by atoms with E-state index < -0.39 is 0 Å². The SMILES string of the molecule is COCCNCC(=O)NCCc1ccccc1.Cl. The molecule has 0 aliphatic carbocycles. The number of carbonyl (C=O) groups is 1. The van der Waals surface area contributed by atoms with E-state index in [2.05, 4.69) is 22.8 Å². The maximum atomic E-state index is 11.4. The standard InChI is InChI=1S/C13H20N2O2.ClH/c1-17-10-9-14-11-13(16)15-8-7-12-5-3-2-4-6-12;/h2-6,14H,7-11H2,1H3,(H,15,16);1H. The van der Waals surface area contributed by atoms with Gasteiger partial charge in [0.15, 0.2) is 0 Å². The van der Waals surface area contributed by atoms with Crippen LogP contribution < -0.4 is 10.6 Å². The Bertz CT molecular complexity index is 320. The average Bonchev–Trinajstić information content (AvgIpc) is 2.36. The van der Waals surface area contributed by atoms with Gasteiger partial charge in [0.1, 0.15) is 0 Å². The Kier molecular flexibility index (Phi) is 10.3. The van der Waals surface area contributed by atoms with Gasteiger partial charge in [-0.2, -0.15) is 0 Å². The predicted molar refractivity (Wildman–Crippen MR) is 75.1 cm³/mol. The van der Waals surface area contributed by atoms with Crippen molar-refractivity contribution in [3.8, 4) is 0 Å². The summed E-state index contributed by atoms with van der Waals surface area (Å²) in [5.74, 6) is 0.0250. The van der Waals surface area contributed by atoms with Crippen LogP contribution in [0.1, 0.15) is 5.56 Å². The van der Waals surface area contributed by atoms with Gasteiger partial charge in [-0.25, -0.2) is 0 Å². The van der Waals surface area contributed by atoms with Crippen molar-refractivity contribution in [2.75, 3.05) is 33.4 Å². The van der Waals surface area contributed by atoms with E-state index in [0.717, 1.165) is 6.42 Å². The first-order valence-corrected chi connectivity index (χ1v) is 5.83. The van der Waals surface area contributed by atoms with Crippen LogP contribution in [0.25, 0.3) is 0 Å². The molecule has 0 aromatic heterocycles. The molecule has 2 N–H and O–H groups in total. The highest BCUT2D eigenvalue weighted by Crippen LogP contribution is 1.97. The lowest BCUT2D eigenvalue weighted by atomic mass is 10.1. The van der Waals surface area contributed by atoms with Gasteiger partial charge in [0.05, 0.1) is 13.2 Å². The first kappa shape index (κ1) is 16.9. The van der Waals surface area contributed by atoms with Crippen molar-refractivity contribution < 1.29 is 9.53 Å². The van der Waals surface area contributed by atoms with Crippen LogP contribution in [0.2, 0.25) is 0 Å². The molecule has 0 radical (unpaired) electrons. The minimum absolute atomic E-state index is 0. The fourth-order valence-electron chi connectivity index (χ4n) is 1.43. The molecule has 5 heteroatoms. The Morgan fingerprint density at radius 1 is 1.22 bits per heavy atom. The van der Waals surface area contributed by atoms with Crippen molar-refractivity contribution in [2.45, 2.75) is 6.42 Å². The number of hydrogen-bond acceptors (Lipinski definition) is 3. The van der Waals surface area contributed by atoms with Gasteiger partial charge in [0.25, 0.3) is 0 Å². The van der Waals surface area contributed by atoms with E-state index in [-0.39, 0.29) is 18.3 Å². The molecule has 4 nitrogen and oxygen atoms in total. The summed E-state index contributed by atoms with van der Waals surface area (Å²) in [6, 6.07) is 10.1. The molecule has 0 unspecified atom stereocenters. The number of methoxy groups -OCH3 is 1. The van der Waals surface area contributed by atoms with Gasteiger partial charge in [0, 0.05) is 20.2 Å². The number of amides is 1. The van der Waals surface area contributed by atoms with E-state index in [1.807, 2.05) is 18.2 Å². The van der Waals surface area contributed by atoms with Gasteiger partial charge < -0.3 is 15.4 Å². The van der Waals surface area contributed by atoms with Gasteiger partial charge in [-0.1, -0.05) is 30.3 Å². The Hall–Kier alpha value is -1.10. The number of hydrogen-bond donors (Lipinski definition) is 2. The molecule has 0 spiro atoms. The van der Waals surface area contributed by atoms with E-state index >= 15 is 0 Å². The van der Waals surface area contributed by atoms with Crippen LogP contribution in [-0.2, 0) is 16.0 Å². The molecule has 0 fully saturated rings. The maximum Gasteiger partial charge on any atom is 0.233 e. The van der Waals surface area contributed by atoms with Crippen molar-refractivity contribution in [3.05, 3.63) is 35.9 Å². The molecular weight excluding hydrogens is 252 g/mol. The van der Waals surface area contributed by atoms with Crippen LogP contribution in [0.3, 0.4) is 0 Å². The second-order valence-corrected chi connectivity index (χ2v) is 3.76. The predicted octanol–water partition coefficient (Wildman–Crippen LogP) is 1.00. The highest BCUT2D eigenvalue weighted by atomic mass is 35.5. The van der Waals surface area contributed by atoms with Crippen LogP contribution in [0.15, 0.2) is 30.3 Å². The fraction of sp³-hybridized carbons (Fsp3) is 0.462. The summed E-state index contributed by atoms with van der Waals surface area (Å²) < 4.78 is 4.87. The molecule has 1 rings (SSSR count). The minimum Gasteiger partial charge on any atom is -0.383 e. The number of rotatable bonds is 8. The van der Waals surface area contributed by atoms with Crippen molar-refractivity contribution in [3.63, 3.8) is 0 Å². The topological polar surface area (TPSA) is 50.4 Å². The largest absolute Gasteiger partial charge is 0.383 e. The summed E-state index contributed by atoms with van der Waals surface area (Å²) in [6.45, 7) is 2.34. The van der Waals surface area contributed by atoms with Crippen molar-refractivity contribution in [2.24, 2.45) is 0 Å². The number of nitrogens with one attached hydrogen (secondary N) is 2. The number of ether oxygens (including phenoxy) is 1. The van der Waals surface area contributed by atoms with Crippen molar-refractivity contribution in [1.82, 2.24) is 10.6 Å². The monoisotopic (exact) mass is 272 g/mol. The molecule has 0 heterocycles. The van der Waals surface area contributed by atoms with Gasteiger partial charge in [-0.15, -0.1) is 12.4 Å². The lowest BCUT2D eigenvalue weighted by molar-refractivity contribution is -0.120. The van der Waals surface area contributed by atoms with Crippen LogP contribution in [0.5, 0.6) is 0 Å². The molecular formula is C13H21ClN2O2. The Balaban J connectivity index is 0.00000289. The van der Waals surface area contributed by atoms with Crippen LogP contribution in [0, 0.1) is 0 Å². The Morgan fingerprint density at radius 2 is 1.94 bits per heavy atom. The number of benzene rings is 1. The van der Waals surface area contributed by atoms with Gasteiger partial charge in [-0.3, -0.25) is 4.79 Å². The van der Waals surface area contributed by atoms with E-state index in [1.165, 1.54) is 5.56 Å². The summed E-state index contributed by atoms with van der Waals surface area (Å²) in [5.41, 5.74) is 1.24. The first-order chi connectivity index (χ1) is 8.33. The molecule has 0 aliphatic heterocycles. The Labute approximate surface area is 115 Å². The lowest BCUT2D eigenvalue weighted by Crippen LogP contribution is -2.36. The quantitative estimate of drug-likeness (QED) is 0.695. The van der Waals surface area contributed by atoms with Crippen LogP contribution in [0.4, 0.5) is 0 Å². The average molecular weight is 273 g/mol. The van der Waals surface area contributed by atoms with Gasteiger partial charge in [0.2, 0.25) is 5.91 Å². The zero-order valence-electron chi connectivity index (χ0n) is 10.6. The summed E-state index contributed by atoms with van der Waals surface area (Å²) in [4.78, 5) is 11.4. The molecule has 0 atom stereocenters. The number of halogens is 1. The van der Waals surface area contributed by atoms with E-state index in [1.54, 1.807) is 7.11 Å². The van der Waals surface area contributed by atoms with Crippen LogP contribution >= 0.6 is 12.4 Å². The van der Waals surface area contributed by atoms with E-state index in [4.69, 9.17) is 4.74 Å². The second kappa shape index (κ2) is 11.0. The third-order valence-electron chi connectivity index (χ3n) is 2.35. The first-order valence-electron chi connectivity index (χ1n) is 5.83. The second-order valence-electron chi connectivity index (χ2n) is 3.76. The number of carbonyl (C=O) groups excluding carboxylic acids is 1. The smallest absolute Gasteiger partial charge is 0.233 e. The fourth-order valence-corrected chi connectivity index (χ4v) is 1.43. The lowest BCUT2D eigenvalue weighted by Gasteiger charge is -2.06. The molecule has 0 bridgehead atoms. The summed E-state index contributed by atoms with van der Waals surface area (Å²) in [7, 11) is 1.64. The molecule has 0 aliphatic rings. The zero-order valence-corrected chi connectivity index (χ0v) is 11.5. The molecule has 0 saturated carbocycles. The minimum atomic E-state index is 0. The molecule has 1 amide bonds. The Morgan fingerprint density at radius 3 is 2.61 bits per heavy atom. The van der Waals surface area contributed by atoms with Crippen molar-refractivity contribution >= 4 is 18.3 Å². The van der Waals surface area contributed by atoms with E-state index in [9.17, 15) is 4.79 Å². The zero-order chi connectivity index (χ0) is 12.3. The molecule has 0 saturated heterocycles. The van der Waals surface area contributed by atoms with Crippen LogP contribution in [-0.4, -0.2) is 39.3 Å². The van der Waals surface area contributed by atoms with Gasteiger partial charge >= 0.3 is 0 Å². The van der Waals surface area contributed by atoms with Gasteiger partial charge in [-0.05, 0) is 12.0 Å². The third-order valence-corrected chi connectivity index (χ3v) is 2.35. The summed E-state index contributed by atoms with van der Waals surface area (Å²) >= 11 is 0. The normalized spacial score (nSPS) is 9.61. The summed E-state index contributed by atoms with van der Waals surface area (Å²) in [6.07, 6.45) is 0.866. The molecule has 1 aromatic rings. The highest BCUT2D eigenvalue weighted by molar-refractivity contribution is 5.85. The van der Waals surface area contributed by atoms with Crippen molar-refractivity contribution in [1.29, 1.82) is 0 Å². The highest BCUT2D eigenvalue weighted by Gasteiger charge is 1.99. The molecule has 18 heavy (non-hydrogen) atoms.